The summed E-state index contributed by atoms with van der Waals surface area (Å²) in [6.07, 6.45) is 3.99. The first-order valence-electron chi connectivity index (χ1n) is 5.41. The van der Waals surface area contributed by atoms with Crippen LogP contribution in [0.3, 0.4) is 0 Å². The largest absolute Gasteiger partial charge is 0.367 e. The monoisotopic (exact) mass is 225 g/mol. The fraction of sp³-hybridized carbons (Fsp3) is 0.636. The molecular formula is C11H16ClN3. The first-order valence-corrected chi connectivity index (χ1v) is 5.79. The standard InChI is InChI=1S/C11H16ClN3/c1-7(5-9-3-4-9)13-11-6-10(12)14-8(2)15-11/h6-7,9H,3-5H2,1-2H3,(H,13,14,15). The highest BCUT2D eigenvalue weighted by molar-refractivity contribution is 6.29. The molecule has 2 rings (SSSR count). The Morgan fingerprint density at radius 2 is 2.27 bits per heavy atom. The summed E-state index contributed by atoms with van der Waals surface area (Å²) < 4.78 is 0. The van der Waals surface area contributed by atoms with Crippen LogP contribution in [0.2, 0.25) is 5.15 Å². The number of hydrogen-bond acceptors (Lipinski definition) is 3. The second kappa shape index (κ2) is 4.35. The summed E-state index contributed by atoms with van der Waals surface area (Å²) in [5.41, 5.74) is 0. The Balaban J connectivity index is 1.96. The van der Waals surface area contributed by atoms with E-state index in [2.05, 4.69) is 22.2 Å². The van der Waals surface area contributed by atoms with Crippen LogP contribution in [0.4, 0.5) is 5.82 Å². The minimum atomic E-state index is 0.461. The average Bonchev–Trinajstić information content (AvgIpc) is 2.85. The van der Waals surface area contributed by atoms with Gasteiger partial charge in [-0.3, -0.25) is 0 Å². The lowest BCUT2D eigenvalue weighted by atomic mass is 10.1. The van der Waals surface area contributed by atoms with Crippen LogP contribution in [0.5, 0.6) is 0 Å². The third kappa shape index (κ3) is 3.34. The normalized spacial score (nSPS) is 17.5. The quantitative estimate of drug-likeness (QED) is 0.801. The molecule has 1 aliphatic rings. The van der Waals surface area contributed by atoms with E-state index in [0.717, 1.165) is 11.7 Å². The molecule has 0 spiro atoms. The molecule has 0 bridgehead atoms. The molecule has 4 heteroatoms. The summed E-state index contributed by atoms with van der Waals surface area (Å²) >= 11 is 5.86. The fourth-order valence-electron chi connectivity index (χ4n) is 1.77. The maximum atomic E-state index is 5.86. The lowest BCUT2D eigenvalue weighted by Crippen LogP contribution is -2.17. The van der Waals surface area contributed by atoms with Crippen molar-refractivity contribution in [1.82, 2.24) is 9.97 Å². The summed E-state index contributed by atoms with van der Waals surface area (Å²) in [4.78, 5) is 8.32. The SMILES string of the molecule is Cc1nc(Cl)cc(NC(C)CC2CC2)n1. The molecule has 1 N–H and O–H groups in total. The average molecular weight is 226 g/mol. The van der Waals surface area contributed by atoms with Crippen LogP contribution in [0.1, 0.15) is 32.0 Å². The van der Waals surface area contributed by atoms with E-state index in [1.165, 1.54) is 19.3 Å². The third-order valence-electron chi connectivity index (χ3n) is 2.58. The summed E-state index contributed by atoms with van der Waals surface area (Å²) in [7, 11) is 0. The molecule has 3 nitrogen and oxygen atoms in total. The molecule has 1 saturated carbocycles. The summed E-state index contributed by atoms with van der Waals surface area (Å²) in [5.74, 6) is 2.47. The van der Waals surface area contributed by atoms with Crippen molar-refractivity contribution < 1.29 is 0 Å². The zero-order valence-corrected chi connectivity index (χ0v) is 9.88. The molecule has 1 aromatic heterocycles. The Bertz CT molecular complexity index is 329. The molecule has 0 amide bonds. The summed E-state index contributed by atoms with van der Waals surface area (Å²) in [6.45, 7) is 4.03. The highest BCUT2D eigenvalue weighted by atomic mass is 35.5. The molecule has 0 aliphatic heterocycles. The number of rotatable bonds is 4. The van der Waals surface area contributed by atoms with Gasteiger partial charge in [0.1, 0.15) is 16.8 Å². The van der Waals surface area contributed by atoms with Crippen LogP contribution in [0.15, 0.2) is 6.07 Å². The van der Waals surface area contributed by atoms with Gasteiger partial charge in [0.15, 0.2) is 0 Å². The number of nitrogens with zero attached hydrogens (tertiary/aromatic N) is 2. The van der Waals surface area contributed by atoms with Crippen molar-refractivity contribution >= 4 is 17.4 Å². The molecule has 1 fully saturated rings. The summed E-state index contributed by atoms with van der Waals surface area (Å²) in [5, 5.41) is 3.86. The number of nitrogens with one attached hydrogen (secondary N) is 1. The van der Waals surface area contributed by atoms with E-state index in [4.69, 9.17) is 11.6 Å². The van der Waals surface area contributed by atoms with Gasteiger partial charge in [0, 0.05) is 12.1 Å². The van der Waals surface area contributed by atoms with Gasteiger partial charge in [-0.15, -0.1) is 0 Å². The van der Waals surface area contributed by atoms with Crippen molar-refractivity contribution in [1.29, 1.82) is 0 Å². The van der Waals surface area contributed by atoms with Crippen molar-refractivity contribution in [3.63, 3.8) is 0 Å². The molecule has 0 aromatic carbocycles. The maximum absolute atomic E-state index is 5.86. The summed E-state index contributed by atoms with van der Waals surface area (Å²) in [6, 6.07) is 2.24. The zero-order chi connectivity index (χ0) is 10.8. The smallest absolute Gasteiger partial charge is 0.134 e. The predicted molar refractivity (Wildman–Crippen MR) is 62.2 cm³/mol. The maximum Gasteiger partial charge on any atom is 0.134 e. The number of anilines is 1. The first kappa shape index (κ1) is 10.7. The van der Waals surface area contributed by atoms with Crippen LogP contribution in [0, 0.1) is 12.8 Å². The van der Waals surface area contributed by atoms with Gasteiger partial charge in [-0.25, -0.2) is 9.97 Å². The van der Waals surface area contributed by atoms with Gasteiger partial charge in [0.2, 0.25) is 0 Å². The molecule has 1 unspecified atom stereocenters. The van der Waals surface area contributed by atoms with Gasteiger partial charge in [0.25, 0.3) is 0 Å². The lowest BCUT2D eigenvalue weighted by Gasteiger charge is -2.14. The molecule has 1 atom stereocenters. The van der Waals surface area contributed by atoms with Crippen LogP contribution in [0.25, 0.3) is 0 Å². The first-order chi connectivity index (χ1) is 7.13. The van der Waals surface area contributed by atoms with Crippen LogP contribution >= 0.6 is 11.6 Å². The van der Waals surface area contributed by atoms with Crippen molar-refractivity contribution in [2.75, 3.05) is 5.32 Å². The third-order valence-corrected chi connectivity index (χ3v) is 2.78. The predicted octanol–water partition coefficient (Wildman–Crippen LogP) is 3.04. The number of hydrogen-bond donors (Lipinski definition) is 1. The van der Waals surface area contributed by atoms with E-state index in [9.17, 15) is 0 Å². The molecule has 82 valence electrons. The molecule has 1 aliphatic carbocycles. The van der Waals surface area contributed by atoms with Crippen molar-refractivity contribution in [3.05, 3.63) is 17.0 Å². The van der Waals surface area contributed by atoms with Gasteiger partial charge < -0.3 is 5.32 Å². The van der Waals surface area contributed by atoms with Gasteiger partial charge in [-0.05, 0) is 26.2 Å². The Morgan fingerprint density at radius 1 is 1.53 bits per heavy atom. The van der Waals surface area contributed by atoms with E-state index < -0.39 is 0 Å². The van der Waals surface area contributed by atoms with Crippen molar-refractivity contribution in [2.45, 2.75) is 39.2 Å². The van der Waals surface area contributed by atoms with Gasteiger partial charge in [-0.2, -0.15) is 0 Å². The second-order valence-electron chi connectivity index (χ2n) is 4.35. The highest BCUT2D eigenvalue weighted by Crippen LogP contribution is 2.34. The second-order valence-corrected chi connectivity index (χ2v) is 4.73. The number of halogens is 1. The van der Waals surface area contributed by atoms with E-state index >= 15 is 0 Å². The van der Waals surface area contributed by atoms with Crippen molar-refractivity contribution in [3.8, 4) is 0 Å². The van der Waals surface area contributed by atoms with E-state index in [-0.39, 0.29) is 0 Å². The van der Waals surface area contributed by atoms with E-state index in [0.29, 0.717) is 17.0 Å². The molecule has 1 heterocycles. The molecule has 15 heavy (non-hydrogen) atoms. The van der Waals surface area contributed by atoms with E-state index in [1.807, 2.05) is 6.92 Å². The Kier molecular flexibility index (Phi) is 3.10. The molecule has 0 radical (unpaired) electrons. The fourth-order valence-corrected chi connectivity index (χ4v) is 2.00. The van der Waals surface area contributed by atoms with Gasteiger partial charge in [-0.1, -0.05) is 24.4 Å². The topological polar surface area (TPSA) is 37.8 Å². The lowest BCUT2D eigenvalue weighted by molar-refractivity contribution is 0.639. The highest BCUT2D eigenvalue weighted by Gasteiger charge is 2.23. The zero-order valence-electron chi connectivity index (χ0n) is 9.13. The molecular weight excluding hydrogens is 210 g/mol. The Morgan fingerprint density at radius 3 is 2.87 bits per heavy atom. The van der Waals surface area contributed by atoms with Crippen LogP contribution in [-0.4, -0.2) is 16.0 Å². The number of aryl methyl sites for hydroxylation is 1. The van der Waals surface area contributed by atoms with Gasteiger partial charge >= 0.3 is 0 Å². The Labute approximate surface area is 95.3 Å². The molecule has 0 saturated heterocycles. The number of aromatic nitrogens is 2. The minimum absolute atomic E-state index is 0.461. The van der Waals surface area contributed by atoms with Crippen LogP contribution < -0.4 is 5.32 Å². The van der Waals surface area contributed by atoms with E-state index in [1.54, 1.807) is 6.07 Å². The van der Waals surface area contributed by atoms with Crippen LogP contribution in [-0.2, 0) is 0 Å². The minimum Gasteiger partial charge on any atom is -0.367 e. The van der Waals surface area contributed by atoms with Crippen molar-refractivity contribution in [2.24, 2.45) is 5.92 Å². The molecule has 1 aromatic rings. The Hall–Kier alpha value is -0.830. The van der Waals surface area contributed by atoms with Gasteiger partial charge in [0.05, 0.1) is 0 Å².